The van der Waals surface area contributed by atoms with Gasteiger partial charge in [0, 0.05) is 30.1 Å². The van der Waals surface area contributed by atoms with E-state index in [0.717, 1.165) is 27.4 Å². The molecule has 0 aliphatic carbocycles. The third kappa shape index (κ3) is 4.22. The van der Waals surface area contributed by atoms with Gasteiger partial charge in [0.2, 0.25) is 11.0 Å². The van der Waals surface area contributed by atoms with Crippen LogP contribution in [0.2, 0.25) is 0 Å². The van der Waals surface area contributed by atoms with Crippen molar-refractivity contribution in [3.8, 4) is 11.3 Å². The first-order valence-corrected chi connectivity index (χ1v) is 11.8. The molecule has 2 aromatic heterocycles. The van der Waals surface area contributed by atoms with E-state index in [1.807, 2.05) is 56.3 Å². The molecule has 4 aromatic rings. The average Bonchev–Trinajstić information content (AvgIpc) is 3.52. The molecule has 5 rings (SSSR count). The Morgan fingerprint density at radius 1 is 1.09 bits per heavy atom. The highest BCUT2D eigenvalue weighted by molar-refractivity contribution is 7.15. The molecule has 2 aromatic carbocycles. The molecule has 1 unspecified atom stereocenters. The van der Waals surface area contributed by atoms with Gasteiger partial charge in [0.15, 0.2) is 0 Å². The van der Waals surface area contributed by atoms with Crippen molar-refractivity contribution in [3.63, 3.8) is 0 Å². The number of carbonyl (C=O) groups excluding carboxylic acids is 2. The van der Waals surface area contributed by atoms with Gasteiger partial charge >= 0.3 is 0 Å². The lowest BCUT2D eigenvalue weighted by Gasteiger charge is -2.17. The SMILES string of the molecule is Cc1cc(C)cc(N2CC(c3nnc(NC(=O)c4c(-c5ccccc5)noc4C)s3)CC2=O)c1. The van der Waals surface area contributed by atoms with Crippen LogP contribution in [0, 0.1) is 20.8 Å². The second kappa shape index (κ2) is 8.83. The Labute approximate surface area is 200 Å². The zero-order chi connectivity index (χ0) is 23.8. The molecule has 9 heteroatoms. The Kier molecular flexibility index (Phi) is 5.70. The number of hydrogen-bond acceptors (Lipinski definition) is 7. The molecule has 0 radical (unpaired) electrons. The van der Waals surface area contributed by atoms with Gasteiger partial charge in [-0.1, -0.05) is 52.9 Å². The van der Waals surface area contributed by atoms with Gasteiger partial charge in [-0.3, -0.25) is 14.9 Å². The van der Waals surface area contributed by atoms with Crippen LogP contribution < -0.4 is 10.2 Å². The summed E-state index contributed by atoms with van der Waals surface area (Å²) >= 11 is 1.28. The lowest BCUT2D eigenvalue weighted by molar-refractivity contribution is -0.117. The van der Waals surface area contributed by atoms with Gasteiger partial charge in [0.1, 0.15) is 22.0 Å². The van der Waals surface area contributed by atoms with E-state index >= 15 is 0 Å². The van der Waals surface area contributed by atoms with Crippen LogP contribution in [-0.2, 0) is 4.79 Å². The monoisotopic (exact) mass is 473 g/mol. The lowest BCUT2D eigenvalue weighted by Crippen LogP contribution is -2.24. The smallest absolute Gasteiger partial charge is 0.263 e. The summed E-state index contributed by atoms with van der Waals surface area (Å²) in [6, 6.07) is 15.5. The summed E-state index contributed by atoms with van der Waals surface area (Å²) in [6.07, 6.45) is 0.360. The second-order valence-electron chi connectivity index (χ2n) is 8.48. The molecule has 2 amide bonds. The number of nitrogens with zero attached hydrogens (tertiary/aromatic N) is 4. The normalized spacial score (nSPS) is 15.7. The highest BCUT2D eigenvalue weighted by Crippen LogP contribution is 2.35. The zero-order valence-corrected chi connectivity index (χ0v) is 19.8. The molecule has 1 saturated heterocycles. The van der Waals surface area contributed by atoms with Crippen LogP contribution >= 0.6 is 11.3 Å². The predicted octanol–water partition coefficient (Wildman–Crippen LogP) is 4.89. The molecule has 172 valence electrons. The average molecular weight is 474 g/mol. The van der Waals surface area contributed by atoms with Crippen molar-refractivity contribution in [1.82, 2.24) is 15.4 Å². The van der Waals surface area contributed by atoms with E-state index < -0.39 is 0 Å². The van der Waals surface area contributed by atoms with E-state index in [4.69, 9.17) is 4.52 Å². The van der Waals surface area contributed by atoms with Gasteiger partial charge in [-0.05, 0) is 44.0 Å². The third-order valence-corrected chi connectivity index (χ3v) is 6.79. The molecular weight excluding hydrogens is 450 g/mol. The number of hydrogen-bond donors (Lipinski definition) is 1. The fraction of sp³-hybridized carbons (Fsp3) is 0.240. The Morgan fingerprint density at radius 3 is 2.56 bits per heavy atom. The topological polar surface area (TPSA) is 101 Å². The minimum atomic E-state index is -0.361. The largest absolute Gasteiger partial charge is 0.360 e. The van der Waals surface area contributed by atoms with E-state index in [-0.39, 0.29) is 17.7 Å². The number of aromatic nitrogens is 3. The summed E-state index contributed by atoms with van der Waals surface area (Å²) in [5.74, 6) is 0.0447. The van der Waals surface area contributed by atoms with Crippen LogP contribution in [-0.4, -0.2) is 33.7 Å². The maximum atomic E-state index is 13.0. The number of rotatable bonds is 5. The van der Waals surface area contributed by atoms with Gasteiger partial charge in [-0.2, -0.15) is 0 Å². The number of nitrogens with one attached hydrogen (secondary N) is 1. The van der Waals surface area contributed by atoms with Crippen LogP contribution in [0.4, 0.5) is 10.8 Å². The van der Waals surface area contributed by atoms with Crippen molar-refractivity contribution in [1.29, 1.82) is 0 Å². The van der Waals surface area contributed by atoms with Gasteiger partial charge in [0.25, 0.3) is 5.91 Å². The third-order valence-electron chi connectivity index (χ3n) is 5.79. The van der Waals surface area contributed by atoms with E-state index in [0.29, 0.717) is 35.1 Å². The minimum Gasteiger partial charge on any atom is -0.360 e. The van der Waals surface area contributed by atoms with E-state index in [2.05, 4.69) is 26.7 Å². The summed E-state index contributed by atoms with van der Waals surface area (Å²) < 4.78 is 5.29. The highest BCUT2D eigenvalue weighted by atomic mass is 32.1. The van der Waals surface area contributed by atoms with Crippen LogP contribution in [0.15, 0.2) is 53.1 Å². The fourth-order valence-corrected chi connectivity index (χ4v) is 5.10. The van der Waals surface area contributed by atoms with Crippen LogP contribution in [0.3, 0.4) is 0 Å². The summed E-state index contributed by atoms with van der Waals surface area (Å²) in [5.41, 5.74) is 4.76. The second-order valence-corrected chi connectivity index (χ2v) is 9.49. The number of amides is 2. The quantitative estimate of drug-likeness (QED) is 0.443. The number of carbonyl (C=O) groups is 2. The molecule has 1 atom stereocenters. The first kappa shape index (κ1) is 22.0. The van der Waals surface area contributed by atoms with Crippen LogP contribution in [0.25, 0.3) is 11.3 Å². The zero-order valence-electron chi connectivity index (χ0n) is 19.0. The van der Waals surface area contributed by atoms with Crippen molar-refractivity contribution in [2.24, 2.45) is 0 Å². The molecule has 1 aliphatic heterocycles. The number of anilines is 2. The molecule has 3 heterocycles. The molecule has 34 heavy (non-hydrogen) atoms. The van der Waals surface area contributed by atoms with Crippen molar-refractivity contribution >= 4 is 34.0 Å². The molecule has 0 bridgehead atoms. The Morgan fingerprint density at radius 2 is 1.82 bits per heavy atom. The molecule has 0 spiro atoms. The van der Waals surface area contributed by atoms with Gasteiger partial charge in [0.05, 0.1) is 0 Å². The maximum absolute atomic E-state index is 13.0. The summed E-state index contributed by atoms with van der Waals surface area (Å²) in [6.45, 7) is 6.28. The molecular formula is C25H23N5O3S. The lowest BCUT2D eigenvalue weighted by atomic mass is 10.1. The van der Waals surface area contributed by atoms with Gasteiger partial charge in [-0.15, -0.1) is 10.2 Å². The standard InChI is InChI=1S/C25H23N5O3S/c1-14-9-15(2)11-19(10-14)30-13-18(12-20(30)31)24-27-28-25(34-24)26-23(32)21-16(3)33-29-22(21)17-7-5-4-6-8-17/h4-11,18H,12-13H2,1-3H3,(H,26,28,32). The summed E-state index contributed by atoms with van der Waals surface area (Å²) in [7, 11) is 0. The summed E-state index contributed by atoms with van der Waals surface area (Å²) in [5, 5.41) is 16.4. The van der Waals surface area contributed by atoms with Crippen molar-refractivity contribution in [3.05, 3.63) is 76.0 Å². The molecule has 1 N–H and O–H groups in total. The number of benzene rings is 2. The van der Waals surface area contributed by atoms with E-state index in [1.54, 1.807) is 11.8 Å². The van der Waals surface area contributed by atoms with Crippen molar-refractivity contribution < 1.29 is 14.1 Å². The van der Waals surface area contributed by atoms with Gasteiger partial charge < -0.3 is 9.42 Å². The first-order chi connectivity index (χ1) is 16.4. The highest BCUT2D eigenvalue weighted by Gasteiger charge is 2.34. The van der Waals surface area contributed by atoms with Crippen molar-refractivity contribution in [2.75, 3.05) is 16.8 Å². The molecule has 8 nitrogen and oxygen atoms in total. The fourth-order valence-electron chi connectivity index (χ4n) is 4.27. The van der Waals surface area contributed by atoms with Crippen molar-refractivity contribution in [2.45, 2.75) is 33.1 Å². The van der Waals surface area contributed by atoms with Gasteiger partial charge in [-0.25, -0.2) is 0 Å². The minimum absolute atomic E-state index is 0.0587. The first-order valence-electron chi connectivity index (χ1n) is 10.9. The Bertz CT molecular complexity index is 1360. The van der Waals surface area contributed by atoms with E-state index in [9.17, 15) is 9.59 Å². The maximum Gasteiger partial charge on any atom is 0.263 e. The number of aryl methyl sites for hydroxylation is 3. The Balaban J connectivity index is 1.32. The van der Waals surface area contributed by atoms with Crippen LogP contribution in [0.1, 0.15) is 44.6 Å². The molecule has 0 saturated carbocycles. The van der Waals surface area contributed by atoms with E-state index in [1.165, 1.54) is 11.3 Å². The molecule has 1 aliphatic rings. The predicted molar refractivity (Wildman–Crippen MR) is 130 cm³/mol. The molecule has 1 fully saturated rings. The van der Waals surface area contributed by atoms with Crippen LogP contribution in [0.5, 0.6) is 0 Å². The Hall–Kier alpha value is -3.85. The summed E-state index contributed by atoms with van der Waals surface area (Å²) in [4.78, 5) is 27.6.